The van der Waals surface area contributed by atoms with Crippen LogP contribution < -0.4 is 4.74 Å². The van der Waals surface area contributed by atoms with E-state index in [9.17, 15) is 9.90 Å². The lowest BCUT2D eigenvalue weighted by Crippen LogP contribution is -2.45. The topological polar surface area (TPSA) is 65.0 Å². The maximum absolute atomic E-state index is 11.8. The summed E-state index contributed by atoms with van der Waals surface area (Å²) in [5, 5.41) is 11.0. The van der Waals surface area contributed by atoms with Crippen LogP contribution in [0, 0.1) is 23.7 Å². The van der Waals surface area contributed by atoms with Gasteiger partial charge in [0.15, 0.2) is 8.32 Å². The molecule has 3 rings (SSSR count). The molecular formula is C32H48O5Si. The Kier molecular flexibility index (Phi) is 10.3. The van der Waals surface area contributed by atoms with E-state index in [1.807, 2.05) is 26.8 Å². The monoisotopic (exact) mass is 540 g/mol. The quantitative estimate of drug-likeness (QED) is 0.145. The van der Waals surface area contributed by atoms with Gasteiger partial charge in [-0.2, -0.15) is 0 Å². The van der Waals surface area contributed by atoms with Crippen LogP contribution in [0.2, 0.25) is 18.1 Å². The molecule has 6 atom stereocenters. The van der Waals surface area contributed by atoms with E-state index in [0.29, 0.717) is 19.4 Å². The second-order valence-corrected chi connectivity index (χ2v) is 17.1. The van der Waals surface area contributed by atoms with Gasteiger partial charge in [-0.3, -0.25) is 4.79 Å². The molecular weight excluding hydrogens is 492 g/mol. The predicted octanol–water partition coefficient (Wildman–Crippen LogP) is 6.79. The van der Waals surface area contributed by atoms with Crippen LogP contribution in [-0.2, 0) is 20.4 Å². The molecule has 1 aromatic carbocycles. The minimum atomic E-state index is -2.01. The maximum Gasteiger partial charge on any atom is 0.305 e. The zero-order valence-corrected chi connectivity index (χ0v) is 25.7. The number of para-hydroxylation sites is 1. The van der Waals surface area contributed by atoms with Crippen molar-refractivity contribution in [2.24, 2.45) is 11.8 Å². The maximum atomic E-state index is 11.8. The van der Waals surface area contributed by atoms with Crippen LogP contribution >= 0.6 is 0 Å². The van der Waals surface area contributed by atoms with Crippen LogP contribution in [-0.4, -0.2) is 44.3 Å². The molecule has 0 bridgehead atoms. The van der Waals surface area contributed by atoms with Gasteiger partial charge in [0, 0.05) is 36.7 Å². The van der Waals surface area contributed by atoms with E-state index in [1.54, 1.807) is 0 Å². The Labute approximate surface area is 231 Å². The normalized spacial score (nSPS) is 24.2. The van der Waals surface area contributed by atoms with Crippen molar-refractivity contribution in [3.63, 3.8) is 0 Å². The van der Waals surface area contributed by atoms with Crippen molar-refractivity contribution in [3.05, 3.63) is 41.5 Å². The highest BCUT2D eigenvalue weighted by atomic mass is 28.4. The van der Waals surface area contributed by atoms with Crippen molar-refractivity contribution in [2.75, 3.05) is 6.61 Å². The van der Waals surface area contributed by atoms with Crippen LogP contribution in [0.4, 0.5) is 0 Å². The zero-order valence-electron chi connectivity index (χ0n) is 24.7. The number of carbonyl (C=O) groups is 1. The minimum absolute atomic E-state index is 0.0423. The average molecular weight is 541 g/mol. The molecule has 1 aliphatic heterocycles. The summed E-state index contributed by atoms with van der Waals surface area (Å²) in [6.07, 6.45) is 7.10. The summed E-state index contributed by atoms with van der Waals surface area (Å²) in [6.45, 7) is 17.5. The van der Waals surface area contributed by atoms with Crippen LogP contribution in [0.25, 0.3) is 0 Å². The van der Waals surface area contributed by atoms with E-state index >= 15 is 0 Å². The number of benzene rings is 1. The van der Waals surface area contributed by atoms with Crippen molar-refractivity contribution in [2.45, 2.75) is 116 Å². The SMILES string of the molecule is CC#CC[C@H](C)[C@H](O)/C=C/[C@H]1C(O[Si](C)(C)C(C)(C)C)C[C@@H]2Oc3c(CCCC(=O)OCC)cccc3[C@@H]21. The number of hydrogen-bond acceptors (Lipinski definition) is 5. The summed E-state index contributed by atoms with van der Waals surface area (Å²) in [7, 11) is -2.01. The molecule has 1 heterocycles. The molecule has 1 saturated carbocycles. The highest BCUT2D eigenvalue weighted by Gasteiger charge is 2.52. The second kappa shape index (κ2) is 12.9. The fourth-order valence-corrected chi connectivity index (χ4v) is 6.66. The lowest BCUT2D eigenvalue weighted by molar-refractivity contribution is -0.143. The Morgan fingerprint density at radius 3 is 2.71 bits per heavy atom. The molecule has 1 unspecified atom stereocenters. The number of ether oxygens (including phenoxy) is 2. The third kappa shape index (κ3) is 7.11. The van der Waals surface area contributed by atoms with Gasteiger partial charge >= 0.3 is 5.97 Å². The molecule has 1 aromatic rings. The van der Waals surface area contributed by atoms with Gasteiger partial charge in [0.05, 0.1) is 18.8 Å². The lowest BCUT2D eigenvalue weighted by atomic mass is 9.86. The molecule has 5 nitrogen and oxygen atoms in total. The smallest absolute Gasteiger partial charge is 0.305 e. The fourth-order valence-electron chi connectivity index (χ4n) is 5.30. The first kappa shape index (κ1) is 30.5. The van der Waals surface area contributed by atoms with Gasteiger partial charge in [-0.25, -0.2) is 0 Å². The number of carbonyl (C=O) groups excluding carboxylic acids is 1. The van der Waals surface area contributed by atoms with Gasteiger partial charge in [-0.05, 0) is 56.3 Å². The number of rotatable bonds is 11. The minimum Gasteiger partial charge on any atom is -0.489 e. The van der Waals surface area contributed by atoms with Crippen molar-refractivity contribution in [3.8, 4) is 17.6 Å². The number of fused-ring (bicyclic) bond motifs is 3. The molecule has 0 saturated heterocycles. The second-order valence-electron chi connectivity index (χ2n) is 12.4. The highest BCUT2D eigenvalue weighted by Crippen LogP contribution is 2.54. The summed E-state index contributed by atoms with van der Waals surface area (Å²) in [5.74, 6) is 7.20. The van der Waals surface area contributed by atoms with Crippen molar-refractivity contribution in [1.29, 1.82) is 0 Å². The highest BCUT2D eigenvalue weighted by molar-refractivity contribution is 6.74. The predicted molar refractivity (Wildman–Crippen MR) is 156 cm³/mol. The van der Waals surface area contributed by atoms with E-state index in [4.69, 9.17) is 13.9 Å². The third-order valence-electron chi connectivity index (χ3n) is 8.56. The largest absolute Gasteiger partial charge is 0.489 e. The summed E-state index contributed by atoms with van der Waals surface area (Å²) in [6, 6.07) is 6.40. The van der Waals surface area contributed by atoms with E-state index in [2.05, 4.69) is 70.0 Å². The number of hydrogen-bond donors (Lipinski definition) is 1. The van der Waals surface area contributed by atoms with E-state index in [-0.39, 0.29) is 41.0 Å². The van der Waals surface area contributed by atoms with Gasteiger partial charge in [-0.15, -0.1) is 11.8 Å². The van der Waals surface area contributed by atoms with E-state index in [1.165, 1.54) is 5.56 Å². The Hall–Kier alpha value is -2.07. The molecule has 2 aliphatic rings. The molecule has 1 N–H and O–H groups in total. The first-order valence-corrected chi connectivity index (χ1v) is 17.2. The van der Waals surface area contributed by atoms with Gasteiger partial charge < -0.3 is 19.0 Å². The first-order valence-electron chi connectivity index (χ1n) is 14.3. The molecule has 1 fully saturated rings. The van der Waals surface area contributed by atoms with E-state index < -0.39 is 14.4 Å². The fraction of sp³-hybridized carbons (Fsp3) is 0.656. The van der Waals surface area contributed by atoms with Gasteiger partial charge in [-0.1, -0.05) is 58.0 Å². The molecule has 0 radical (unpaired) electrons. The Bertz CT molecular complexity index is 1040. The first-order chi connectivity index (χ1) is 17.9. The van der Waals surface area contributed by atoms with Crippen molar-refractivity contribution >= 4 is 14.3 Å². The van der Waals surface area contributed by atoms with Gasteiger partial charge in [0.1, 0.15) is 11.9 Å². The van der Waals surface area contributed by atoms with Crippen molar-refractivity contribution in [1.82, 2.24) is 0 Å². The standard InChI is InChI=1S/C32H48O5Si/c1-9-11-14-22(3)26(33)20-19-24-27(37-38(7,8)32(4,5)6)21-28-30(24)25-17-12-15-23(31(25)36-28)16-13-18-29(34)35-10-2/h12,15,17,19-20,22,24,26-28,30,33H,10,13-14,16,18,21H2,1-8H3/b20-19+/t22-,24-,26+,27?,28-,30-/m0/s1. The molecule has 6 heteroatoms. The Balaban J connectivity index is 1.86. The third-order valence-corrected chi connectivity index (χ3v) is 13.1. The van der Waals surface area contributed by atoms with Gasteiger partial charge in [0.2, 0.25) is 0 Å². The Morgan fingerprint density at radius 2 is 2.05 bits per heavy atom. The summed E-state index contributed by atoms with van der Waals surface area (Å²) < 4.78 is 18.7. The Morgan fingerprint density at radius 1 is 1.32 bits per heavy atom. The van der Waals surface area contributed by atoms with E-state index in [0.717, 1.165) is 30.6 Å². The lowest BCUT2D eigenvalue weighted by Gasteiger charge is -2.40. The molecule has 0 aromatic heterocycles. The molecule has 1 aliphatic carbocycles. The van der Waals surface area contributed by atoms with Crippen LogP contribution in [0.5, 0.6) is 5.75 Å². The van der Waals surface area contributed by atoms with Crippen LogP contribution in [0.1, 0.15) is 84.3 Å². The summed E-state index contributed by atoms with van der Waals surface area (Å²) >= 11 is 0. The van der Waals surface area contributed by atoms with Crippen LogP contribution in [0.3, 0.4) is 0 Å². The summed E-state index contributed by atoms with van der Waals surface area (Å²) in [5.41, 5.74) is 2.37. The molecule has 0 amide bonds. The number of esters is 1. The zero-order chi connectivity index (χ0) is 28.1. The molecule has 0 spiro atoms. The number of aliphatic hydroxyl groups excluding tert-OH is 1. The molecule has 210 valence electrons. The molecule has 38 heavy (non-hydrogen) atoms. The number of aliphatic hydroxyl groups is 1. The number of aryl methyl sites for hydroxylation is 1. The average Bonchev–Trinajstić information content (AvgIpc) is 3.36. The van der Waals surface area contributed by atoms with Crippen LogP contribution in [0.15, 0.2) is 30.4 Å². The summed E-state index contributed by atoms with van der Waals surface area (Å²) in [4.78, 5) is 11.8. The van der Waals surface area contributed by atoms with Gasteiger partial charge in [0.25, 0.3) is 0 Å². The van der Waals surface area contributed by atoms with Crippen molar-refractivity contribution < 1.29 is 23.8 Å².